The first-order valence-corrected chi connectivity index (χ1v) is 6.44. The van der Waals surface area contributed by atoms with Crippen LogP contribution in [0.3, 0.4) is 0 Å². The van der Waals surface area contributed by atoms with Crippen molar-refractivity contribution in [2.45, 2.75) is 27.2 Å². The van der Waals surface area contributed by atoms with Crippen LogP contribution in [0.1, 0.15) is 27.2 Å². The van der Waals surface area contributed by atoms with Gasteiger partial charge in [0.1, 0.15) is 6.61 Å². The van der Waals surface area contributed by atoms with Crippen molar-refractivity contribution in [3.05, 3.63) is 0 Å². The summed E-state index contributed by atoms with van der Waals surface area (Å²) in [5.41, 5.74) is 0. The molecule has 0 aliphatic carbocycles. The quantitative estimate of drug-likeness (QED) is 0.420. The molecule has 0 bridgehead atoms. The summed E-state index contributed by atoms with van der Waals surface area (Å²) in [4.78, 5) is 13.1. The molecule has 0 aromatic carbocycles. The molecule has 0 spiro atoms. The van der Waals surface area contributed by atoms with E-state index in [1.807, 2.05) is 4.90 Å². The Morgan fingerprint density at radius 1 is 1.24 bits per heavy atom. The number of cyclic esters (lactones) is 1. The summed E-state index contributed by atoms with van der Waals surface area (Å²) < 4.78 is 6.06. The lowest BCUT2D eigenvalue weighted by Crippen LogP contribution is -3.00. The first-order chi connectivity index (χ1) is 7.67. The maximum absolute atomic E-state index is 11.2. The lowest BCUT2D eigenvalue weighted by atomic mass is 10.2. The molecular weight excluding hydrogens is 331 g/mol. The van der Waals surface area contributed by atoms with Crippen LogP contribution >= 0.6 is 0 Å². The number of amides is 1. The SMILES string of the molecule is CC[N+](CC)(CC)CCCN1CCOC1=O.[I-]. The average Bonchev–Trinajstić information content (AvgIpc) is 2.71. The third kappa shape index (κ3) is 4.62. The van der Waals surface area contributed by atoms with E-state index in [2.05, 4.69) is 20.8 Å². The third-order valence-electron chi connectivity index (χ3n) is 3.92. The highest BCUT2D eigenvalue weighted by molar-refractivity contribution is 5.69. The van der Waals surface area contributed by atoms with Gasteiger partial charge in [-0.05, 0) is 20.8 Å². The zero-order valence-corrected chi connectivity index (χ0v) is 13.4. The zero-order chi connectivity index (χ0) is 12.0. The Balaban J connectivity index is 0.00000256. The van der Waals surface area contributed by atoms with Crippen LogP contribution in [0.15, 0.2) is 0 Å². The minimum absolute atomic E-state index is 0. The molecule has 1 heterocycles. The fourth-order valence-electron chi connectivity index (χ4n) is 2.37. The van der Waals surface area contributed by atoms with Gasteiger partial charge in [0.15, 0.2) is 0 Å². The van der Waals surface area contributed by atoms with E-state index in [0.29, 0.717) is 6.61 Å². The Kier molecular flexibility index (Phi) is 8.11. The van der Waals surface area contributed by atoms with Crippen molar-refractivity contribution in [1.82, 2.24) is 4.90 Å². The molecule has 1 rings (SSSR count). The highest BCUT2D eigenvalue weighted by atomic mass is 127. The molecule has 0 atom stereocenters. The lowest BCUT2D eigenvalue weighted by molar-refractivity contribution is -0.923. The summed E-state index contributed by atoms with van der Waals surface area (Å²) in [6.45, 7) is 13.6. The van der Waals surface area contributed by atoms with Gasteiger partial charge in [-0.1, -0.05) is 0 Å². The van der Waals surface area contributed by atoms with Crippen LogP contribution in [0.5, 0.6) is 0 Å². The van der Waals surface area contributed by atoms with Gasteiger partial charge in [-0.3, -0.25) is 0 Å². The Morgan fingerprint density at radius 2 is 1.82 bits per heavy atom. The van der Waals surface area contributed by atoms with Crippen LogP contribution in [0.2, 0.25) is 0 Å². The Morgan fingerprint density at radius 3 is 2.24 bits per heavy atom. The molecule has 1 saturated heterocycles. The monoisotopic (exact) mass is 356 g/mol. The molecule has 0 aromatic heterocycles. The van der Waals surface area contributed by atoms with Gasteiger partial charge in [-0.15, -0.1) is 0 Å². The van der Waals surface area contributed by atoms with Crippen LogP contribution in [0.25, 0.3) is 0 Å². The average molecular weight is 356 g/mol. The van der Waals surface area contributed by atoms with Crippen molar-refractivity contribution < 1.29 is 38.0 Å². The fraction of sp³-hybridized carbons (Fsp3) is 0.917. The first-order valence-electron chi connectivity index (χ1n) is 6.44. The van der Waals surface area contributed by atoms with E-state index in [0.717, 1.165) is 30.5 Å². The maximum atomic E-state index is 11.2. The topological polar surface area (TPSA) is 29.5 Å². The van der Waals surface area contributed by atoms with Gasteiger partial charge in [0.05, 0.1) is 32.7 Å². The number of carbonyl (C=O) groups excluding carboxylic acids is 1. The van der Waals surface area contributed by atoms with Gasteiger partial charge >= 0.3 is 6.09 Å². The molecule has 0 aromatic rings. The predicted molar refractivity (Wildman–Crippen MR) is 64.3 cm³/mol. The Labute approximate surface area is 122 Å². The van der Waals surface area contributed by atoms with Crippen molar-refractivity contribution >= 4 is 6.09 Å². The number of hydrogen-bond donors (Lipinski definition) is 0. The summed E-state index contributed by atoms with van der Waals surface area (Å²) >= 11 is 0. The summed E-state index contributed by atoms with van der Waals surface area (Å²) in [7, 11) is 0. The van der Waals surface area contributed by atoms with E-state index < -0.39 is 0 Å². The van der Waals surface area contributed by atoms with E-state index in [9.17, 15) is 4.79 Å². The Bertz CT molecular complexity index is 224. The van der Waals surface area contributed by atoms with E-state index in [1.54, 1.807) is 0 Å². The summed E-state index contributed by atoms with van der Waals surface area (Å²) in [5, 5.41) is 0. The molecule has 0 radical (unpaired) electrons. The third-order valence-corrected chi connectivity index (χ3v) is 3.92. The number of nitrogens with zero attached hydrogens (tertiary/aromatic N) is 2. The second-order valence-electron chi connectivity index (χ2n) is 4.47. The molecule has 17 heavy (non-hydrogen) atoms. The van der Waals surface area contributed by atoms with E-state index >= 15 is 0 Å². The van der Waals surface area contributed by atoms with E-state index in [4.69, 9.17) is 4.74 Å². The Hall–Kier alpha value is -0.0400. The molecule has 102 valence electrons. The van der Waals surface area contributed by atoms with Gasteiger partial charge in [0.2, 0.25) is 0 Å². The molecular formula is C12H25IN2O2. The second-order valence-corrected chi connectivity index (χ2v) is 4.47. The summed E-state index contributed by atoms with van der Waals surface area (Å²) in [6.07, 6.45) is 0.938. The predicted octanol–water partition coefficient (Wildman–Crippen LogP) is -1.29. The van der Waals surface area contributed by atoms with E-state index in [-0.39, 0.29) is 30.1 Å². The molecule has 1 aliphatic heterocycles. The van der Waals surface area contributed by atoms with Crippen molar-refractivity contribution in [3.8, 4) is 0 Å². The molecule has 0 saturated carbocycles. The summed E-state index contributed by atoms with van der Waals surface area (Å²) in [6, 6.07) is 0. The number of ether oxygens (including phenoxy) is 1. The van der Waals surface area contributed by atoms with Crippen LogP contribution < -0.4 is 24.0 Å². The molecule has 5 heteroatoms. The van der Waals surface area contributed by atoms with Gasteiger partial charge < -0.3 is 38.1 Å². The number of halogens is 1. The van der Waals surface area contributed by atoms with E-state index in [1.165, 1.54) is 19.6 Å². The van der Waals surface area contributed by atoms with Crippen molar-refractivity contribution in [2.24, 2.45) is 0 Å². The molecule has 1 amide bonds. The van der Waals surface area contributed by atoms with Crippen LogP contribution in [-0.4, -0.2) is 61.4 Å². The molecule has 0 N–H and O–H groups in total. The highest BCUT2D eigenvalue weighted by Crippen LogP contribution is 2.09. The number of quaternary nitrogens is 1. The minimum Gasteiger partial charge on any atom is -1.00 e. The van der Waals surface area contributed by atoms with Gasteiger partial charge in [-0.2, -0.15) is 0 Å². The second kappa shape index (κ2) is 8.13. The van der Waals surface area contributed by atoms with Gasteiger partial charge in [0, 0.05) is 13.0 Å². The van der Waals surface area contributed by atoms with Gasteiger partial charge in [-0.25, -0.2) is 4.79 Å². The van der Waals surface area contributed by atoms with Crippen molar-refractivity contribution in [3.63, 3.8) is 0 Å². The smallest absolute Gasteiger partial charge is 0.409 e. The largest absolute Gasteiger partial charge is 1.00 e. The van der Waals surface area contributed by atoms with Crippen molar-refractivity contribution in [2.75, 3.05) is 45.9 Å². The highest BCUT2D eigenvalue weighted by Gasteiger charge is 2.24. The molecule has 1 aliphatic rings. The number of carbonyl (C=O) groups is 1. The van der Waals surface area contributed by atoms with Gasteiger partial charge in [0.25, 0.3) is 0 Å². The minimum atomic E-state index is -0.136. The molecule has 1 fully saturated rings. The normalized spacial score (nSPS) is 15.7. The van der Waals surface area contributed by atoms with Crippen LogP contribution in [-0.2, 0) is 4.74 Å². The van der Waals surface area contributed by atoms with Crippen molar-refractivity contribution in [1.29, 1.82) is 0 Å². The standard InChI is InChI=1S/C12H25N2O2.HI/c1-4-14(5-2,6-3)10-7-8-13-9-11-16-12(13)15;/h4-11H2,1-3H3;1H/q+1;/p-1. The number of hydrogen-bond acceptors (Lipinski definition) is 2. The molecule has 4 nitrogen and oxygen atoms in total. The van der Waals surface area contributed by atoms with Crippen LogP contribution in [0, 0.1) is 0 Å². The zero-order valence-electron chi connectivity index (χ0n) is 11.2. The van der Waals surface area contributed by atoms with Crippen LogP contribution in [0.4, 0.5) is 4.79 Å². The fourth-order valence-corrected chi connectivity index (χ4v) is 2.37. The first kappa shape index (κ1) is 17.0. The summed E-state index contributed by atoms with van der Waals surface area (Å²) in [5.74, 6) is 0. The lowest BCUT2D eigenvalue weighted by Gasteiger charge is -2.36. The number of rotatable bonds is 7. The maximum Gasteiger partial charge on any atom is 0.409 e. The molecule has 0 unspecified atom stereocenters.